The Labute approximate surface area is 223 Å². The van der Waals surface area contributed by atoms with E-state index in [4.69, 9.17) is 0 Å². The van der Waals surface area contributed by atoms with Gasteiger partial charge in [-0.05, 0) is 91.0 Å². The van der Waals surface area contributed by atoms with Crippen molar-refractivity contribution in [3.05, 3.63) is 156 Å². The number of anilines is 4. The molecule has 0 heterocycles. The van der Waals surface area contributed by atoms with Crippen LogP contribution in [0.5, 0.6) is 0 Å². The van der Waals surface area contributed by atoms with Gasteiger partial charge >= 0.3 is 0 Å². The Hall–Kier alpha value is -4.89. The lowest BCUT2D eigenvalue weighted by atomic mass is 10.0. The fraction of sp³-hybridized carbons (Fsp3) is 0.0571. The van der Waals surface area contributed by atoms with Gasteiger partial charge in [-0.3, -0.25) is 4.79 Å². The number of rotatable bonds is 7. The van der Waals surface area contributed by atoms with E-state index in [0.717, 1.165) is 35.6 Å². The molecule has 0 fully saturated rings. The summed E-state index contributed by atoms with van der Waals surface area (Å²) in [6.07, 6.45) is 8.48. The van der Waals surface area contributed by atoms with Gasteiger partial charge in [-0.15, -0.1) is 0 Å². The third-order valence-electron chi connectivity index (χ3n) is 6.90. The molecule has 1 aliphatic rings. The van der Waals surface area contributed by atoms with Crippen molar-refractivity contribution in [1.82, 2.24) is 0 Å². The maximum atomic E-state index is 13.3. The average molecular weight is 493 g/mol. The highest BCUT2D eigenvalue weighted by molar-refractivity contribution is 6.09. The number of carbonyl (C=O) groups excluding carboxylic acids is 1. The van der Waals surface area contributed by atoms with E-state index in [2.05, 4.69) is 77.0 Å². The SMILES string of the molecule is O=C(c1ccc(Nc2cccc3ccccc23)cc1)c1ccc(N(C2=CC=CCC2)c2ccccc2)cc1. The normalized spacial score (nSPS) is 12.7. The van der Waals surface area contributed by atoms with Crippen LogP contribution in [0.15, 0.2) is 145 Å². The highest BCUT2D eigenvalue weighted by atomic mass is 16.1. The summed E-state index contributed by atoms with van der Waals surface area (Å²) in [5, 5.41) is 5.85. The molecule has 1 aliphatic carbocycles. The van der Waals surface area contributed by atoms with Gasteiger partial charge in [0.05, 0.1) is 0 Å². The molecular weight excluding hydrogens is 464 g/mol. The monoisotopic (exact) mass is 492 g/mol. The maximum absolute atomic E-state index is 13.3. The van der Waals surface area contributed by atoms with Gasteiger partial charge < -0.3 is 10.2 Å². The van der Waals surface area contributed by atoms with Crippen molar-refractivity contribution >= 4 is 39.3 Å². The predicted molar refractivity (Wildman–Crippen MR) is 159 cm³/mol. The molecule has 5 aromatic rings. The van der Waals surface area contributed by atoms with E-state index < -0.39 is 0 Å². The van der Waals surface area contributed by atoms with Crippen LogP contribution in [0.3, 0.4) is 0 Å². The predicted octanol–water partition coefficient (Wildman–Crippen LogP) is 9.19. The molecule has 38 heavy (non-hydrogen) atoms. The zero-order valence-corrected chi connectivity index (χ0v) is 21.0. The van der Waals surface area contributed by atoms with Crippen molar-refractivity contribution in [3.63, 3.8) is 0 Å². The maximum Gasteiger partial charge on any atom is 0.193 e. The van der Waals surface area contributed by atoms with E-state index in [9.17, 15) is 4.79 Å². The number of ketones is 1. The molecule has 0 aliphatic heterocycles. The number of allylic oxidation sites excluding steroid dienone is 4. The molecule has 3 nitrogen and oxygen atoms in total. The van der Waals surface area contributed by atoms with Crippen LogP contribution in [0.1, 0.15) is 28.8 Å². The molecule has 0 saturated heterocycles. The number of hydrogen-bond donors (Lipinski definition) is 1. The zero-order valence-electron chi connectivity index (χ0n) is 21.0. The second-order valence-electron chi connectivity index (χ2n) is 9.40. The highest BCUT2D eigenvalue weighted by Gasteiger charge is 2.16. The van der Waals surface area contributed by atoms with Crippen molar-refractivity contribution in [1.29, 1.82) is 0 Å². The van der Waals surface area contributed by atoms with Crippen molar-refractivity contribution in [2.45, 2.75) is 12.8 Å². The number of carbonyl (C=O) groups is 1. The third-order valence-corrected chi connectivity index (χ3v) is 6.90. The summed E-state index contributed by atoms with van der Waals surface area (Å²) in [5.74, 6) is 0.0133. The molecule has 0 amide bonds. The molecule has 1 N–H and O–H groups in total. The van der Waals surface area contributed by atoms with Crippen LogP contribution < -0.4 is 10.2 Å². The number of para-hydroxylation sites is 1. The fourth-order valence-corrected chi connectivity index (χ4v) is 4.96. The van der Waals surface area contributed by atoms with E-state index in [1.54, 1.807) is 0 Å². The van der Waals surface area contributed by atoms with Crippen molar-refractivity contribution in [3.8, 4) is 0 Å². The van der Waals surface area contributed by atoms with Gasteiger partial charge in [0.1, 0.15) is 0 Å². The summed E-state index contributed by atoms with van der Waals surface area (Å²) in [7, 11) is 0. The van der Waals surface area contributed by atoms with Gasteiger partial charge in [0, 0.05) is 45.0 Å². The summed E-state index contributed by atoms with van der Waals surface area (Å²) in [6.45, 7) is 0. The molecule has 0 atom stereocenters. The van der Waals surface area contributed by atoms with Crippen molar-refractivity contribution in [2.24, 2.45) is 0 Å². The van der Waals surface area contributed by atoms with Crippen LogP contribution in [0.2, 0.25) is 0 Å². The third kappa shape index (κ3) is 4.87. The molecule has 184 valence electrons. The minimum absolute atomic E-state index is 0.0133. The van der Waals surface area contributed by atoms with Crippen molar-refractivity contribution < 1.29 is 4.79 Å². The van der Waals surface area contributed by atoms with Crippen LogP contribution in [0.25, 0.3) is 10.8 Å². The van der Waals surface area contributed by atoms with Crippen LogP contribution >= 0.6 is 0 Å². The van der Waals surface area contributed by atoms with Crippen LogP contribution in [-0.4, -0.2) is 5.78 Å². The second kappa shape index (κ2) is 10.6. The quantitative estimate of drug-likeness (QED) is 0.230. The molecule has 5 aromatic carbocycles. The minimum Gasteiger partial charge on any atom is -0.355 e. The molecule has 0 unspecified atom stereocenters. The van der Waals surface area contributed by atoms with Gasteiger partial charge in [-0.25, -0.2) is 0 Å². The first-order valence-electron chi connectivity index (χ1n) is 13.0. The Kier molecular flexibility index (Phi) is 6.57. The molecule has 0 saturated carbocycles. The van der Waals surface area contributed by atoms with Crippen molar-refractivity contribution in [2.75, 3.05) is 10.2 Å². The van der Waals surface area contributed by atoms with Crippen LogP contribution in [-0.2, 0) is 0 Å². The lowest BCUT2D eigenvalue weighted by Crippen LogP contribution is -2.17. The molecule has 0 aromatic heterocycles. The highest BCUT2D eigenvalue weighted by Crippen LogP contribution is 2.33. The number of hydrogen-bond acceptors (Lipinski definition) is 3. The van der Waals surface area contributed by atoms with Gasteiger partial charge in [0.15, 0.2) is 5.78 Å². The summed E-state index contributed by atoms with van der Waals surface area (Å²) in [4.78, 5) is 15.6. The first-order valence-corrected chi connectivity index (χ1v) is 13.0. The smallest absolute Gasteiger partial charge is 0.193 e. The molecule has 6 rings (SSSR count). The number of fused-ring (bicyclic) bond motifs is 1. The van der Waals surface area contributed by atoms with E-state index >= 15 is 0 Å². The summed E-state index contributed by atoms with van der Waals surface area (Å²) >= 11 is 0. The first kappa shape index (κ1) is 23.5. The Bertz CT molecular complexity index is 1630. The largest absolute Gasteiger partial charge is 0.355 e. The Morgan fingerprint density at radius 3 is 2.05 bits per heavy atom. The van der Waals surface area contributed by atoms with E-state index in [0.29, 0.717) is 11.1 Å². The molecule has 0 bridgehead atoms. The van der Waals surface area contributed by atoms with E-state index in [1.807, 2.05) is 72.8 Å². The standard InChI is InChI=1S/C35H28N2O/c38-35(27-18-22-29(23-19-27)36-34-17-9-11-26-10-7-8-16-33(26)34)28-20-24-32(25-21-28)37(30-12-3-1-4-13-30)31-14-5-2-6-15-31/h1-5,7-14,16-25,36H,6,15H2. The van der Waals surface area contributed by atoms with E-state index in [-0.39, 0.29) is 5.78 Å². The second-order valence-corrected chi connectivity index (χ2v) is 9.40. The summed E-state index contributed by atoms with van der Waals surface area (Å²) in [6, 6.07) is 40.5. The molecule has 0 radical (unpaired) electrons. The Morgan fingerprint density at radius 1 is 0.658 bits per heavy atom. The van der Waals surface area contributed by atoms with Gasteiger partial charge in [0.25, 0.3) is 0 Å². The lowest BCUT2D eigenvalue weighted by Gasteiger charge is -2.29. The first-order chi connectivity index (χ1) is 18.8. The molecule has 0 spiro atoms. The van der Waals surface area contributed by atoms with Gasteiger partial charge in [-0.2, -0.15) is 0 Å². The number of nitrogens with zero attached hydrogens (tertiary/aromatic N) is 1. The summed E-state index contributed by atoms with van der Waals surface area (Å²) in [5.41, 5.74) is 6.74. The number of nitrogens with one attached hydrogen (secondary N) is 1. The lowest BCUT2D eigenvalue weighted by molar-refractivity contribution is 0.103. The van der Waals surface area contributed by atoms with E-state index in [1.165, 1.54) is 16.5 Å². The fourth-order valence-electron chi connectivity index (χ4n) is 4.96. The summed E-state index contributed by atoms with van der Waals surface area (Å²) < 4.78 is 0. The Balaban J connectivity index is 1.22. The molecule has 3 heteroatoms. The van der Waals surface area contributed by atoms with Gasteiger partial charge in [-0.1, -0.05) is 66.7 Å². The zero-order chi connectivity index (χ0) is 25.7. The van der Waals surface area contributed by atoms with Gasteiger partial charge in [0.2, 0.25) is 0 Å². The minimum atomic E-state index is 0.0133. The topological polar surface area (TPSA) is 32.3 Å². The molecular formula is C35H28N2O. The number of benzene rings is 5. The Morgan fingerprint density at radius 2 is 1.32 bits per heavy atom. The van der Waals surface area contributed by atoms with Crippen LogP contribution in [0.4, 0.5) is 22.7 Å². The average Bonchev–Trinajstić information content (AvgIpc) is 2.99. The van der Waals surface area contributed by atoms with Crippen LogP contribution in [0, 0.1) is 0 Å².